The smallest absolute Gasteiger partial charge is 0.0231 e. The molecule has 0 aromatic carbocycles. The van der Waals surface area contributed by atoms with Crippen LogP contribution in [-0.4, -0.2) is 0 Å². The van der Waals surface area contributed by atoms with Gasteiger partial charge in [-0.05, 0) is 31.6 Å². The van der Waals surface area contributed by atoms with Crippen molar-refractivity contribution < 1.29 is 0 Å². The Hall–Kier alpha value is -0.520. The van der Waals surface area contributed by atoms with Gasteiger partial charge in [-0.3, -0.25) is 0 Å². The van der Waals surface area contributed by atoms with Gasteiger partial charge >= 0.3 is 0 Å². The lowest BCUT2D eigenvalue weighted by Gasteiger charge is -2.20. The molecule has 13 heavy (non-hydrogen) atoms. The summed E-state index contributed by atoms with van der Waals surface area (Å²) in [7, 11) is 0. The Morgan fingerprint density at radius 2 is 1.62 bits per heavy atom. The van der Waals surface area contributed by atoms with E-state index in [2.05, 4.69) is 59.8 Å². The molecule has 0 aliphatic carbocycles. The maximum Gasteiger partial charge on any atom is -0.0231 e. The molecular weight excluding hydrogens is 156 g/mol. The standard InChI is InChI=1S/C13H24/c1-7-11(4)8-9-12(5)13(6)10(2)3/h7-10,12-13H,1-6H3. The molecular formula is C13H24. The van der Waals surface area contributed by atoms with Crippen LogP contribution in [-0.2, 0) is 0 Å². The quantitative estimate of drug-likeness (QED) is 0.561. The molecule has 0 bridgehead atoms. The van der Waals surface area contributed by atoms with Crippen molar-refractivity contribution in [2.75, 3.05) is 0 Å². The SMILES string of the molecule is CC=C(C)C=CC(C)C(C)C(C)C. The van der Waals surface area contributed by atoms with Crippen molar-refractivity contribution in [3.63, 3.8) is 0 Å². The van der Waals surface area contributed by atoms with Gasteiger partial charge in [0, 0.05) is 0 Å². The van der Waals surface area contributed by atoms with Crippen molar-refractivity contribution in [1.82, 2.24) is 0 Å². The van der Waals surface area contributed by atoms with E-state index in [0.29, 0.717) is 5.92 Å². The van der Waals surface area contributed by atoms with E-state index >= 15 is 0 Å². The van der Waals surface area contributed by atoms with Crippen molar-refractivity contribution in [2.45, 2.75) is 41.5 Å². The normalized spacial score (nSPS) is 18.2. The first kappa shape index (κ1) is 12.5. The Balaban J connectivity index is 4.14. The van der Waals surface area contributed by atoms with Gasteiger partial charge in [0.15, 0.2) is 0 Å². The molecule has 0 aromatic heterocycles. The molecule has 76 valence electrons. The maximum atomic E-state index is 2.32. The highest BCUT2D eigenvalue weighted by Crippen LogP contribution is 2.21. The lowest BCUT2D eigenvalue weighted by molar-refractivity contribution is 0.342. The average Bonchev–Trinajstić information content (AvgIpc) is 2.11. The molecule has 0 aliphatic heterocycles. The minimum Gasteiger partial charge on any atom is -0.0847 e. The molecule has 0 N–H and O–H groups in total. The molecule has 0 saturated heterocycles. The molecule has 0 spiro atoms. The van der Waals surface area contributed by atoms with Crippen molar-refractivity contribution in [1.29, 1.82) is 0 Å². The van der Waals surface area contributed by atoms with Crippen LogP contribution in [0.2, 0.25) is 0 Å². The van der Waals surface area contributed by atoms with Gasteiger partial charge in [-0.15, -0.1) is 0 Å². The fourth-order valence-electron chi connectivity index (χ4n) is 1.18. The third-order valence-corrected chi connectivity index (χ3v) is 3.00. The van der Waals surface area contributed by atoms with Gasteiger partial charge in [0.1, 0.15) is 0 Å². The van der Waals surface area contributed by atoms with Gasteiger partial charge in [-0.2, -0.15) is 0 Å². The lowest BCUT2D eigenvalue weighted by Crippen LogP contribution is -2.11. The molecule has 0 heteroatoms. The number of hydrogen-bond acceptors (Lipinski definition) is 0. The van der Waals surface area contributed by atoms with Gasteiger partial charge < -0.3 is 0 Å². The van der Waals surface area contributed by atoms with Crippen LogP contribution in [0.4, 0.5) is 0 Å². The number of hydrogen-bond donors (Lipinski definition) is 0. The molecule has 0 rings (SSSR count). The molecule has 0 nitrogen and oxygen atoms in total. The Bertz CT molecular complexity index is 184. The first-order valence-electron chi connectivity index (χ1n) is 5.30. The molecule has 0 fully saturated rings. The second kappa shape index (κ2) is 6.01. The van der Waals surface area contributed by atoms with Gasteiger partial charge in [-0.25, -0.2) is 0 Å². The second-order valence-electron chi connectivity index (χ2n) is 4.35. The lowest BCUT2D eigenvalue weighted by atomic mass is 9.86. The summed E-state index contributed by atoms with van der Waals surface area (Å²) < 4.78 is 0. The van der Waals surface area contributed by atoms with Crippen LogP contribution in [0.15, 0.2) is 23.8 Å². The summed E-state index contributed by atoms with van der Waals surface area (Å²) >= 11 is 0. The maximum absolute atomic E-state index is 2.32. The number of rotatable bonds is 4. The van der Waals surface area contributed by atoms with E-state index in [0.717, 1.165) is 11.8 Å². The van der Waals surface area contributed by atoms with Crippen LogP contribution in [0.1, 0.15) is 41.5 Å². The van der Waals surface area contributed by atoms with Gasteiger partial charge in [0.25, 0.3) is 0 Å². The van der Waals surface area contributed by atoms with Crippen molar-refractivity contribution in [3.8, 4) is 0 Å². The Morgan fingerprint density at radius 1 is 1.08 bits per heavy atom. The van der Waals surface area contributed by atoms with Gasteiger partial charge in [-0.1, -0.05) is 51.5 Å². The molecule has 0 aromatic rings. The predicted octanol–water partition coefficient (Wildman–Crippen LogP) is 4.44. The zero-order chi connectivity index (χ0) is 10.4. The number of allylic oxidation sites excluding steroid dienone is 4. The Kier molecular flexibility index (Phi) is 5.77. The molecule has 2 unspecified atom stereocenters. The van der Waals surface area contributed by atoms with E-state index in [4.69, 9.17) is 0 Å². The van der Waals surface area contributed by atoms with E-state index < -0.39 is 0 Å². The van der Waals surface area contributed by atoms with E-state index in [1.54, 1.807) is 0 Å². The van der Waals surface area contributed by atoms with Crippen LogP contribution in [0.25, 0.3) is 0 Å². The van der Waals surface area contributed by atoms with Crippen LogP contribution < -0.4 is 0 Å². The van der Waals surface area contributed by atoms with Crippen LogP contribution in [0.5, 0.6) is 0 Å². The fraction of sp³-hybridized carbons (Fsp3) is 0.692. The summed E-state index contributed by atoms with van der Waals surface area (Å²) in [4.78, 5) is 0. The highest BCUT2D eigenvalue weighted by Gasteiger charge is 2.12. The summed E-state index contributed by atoms with van der Waals surface area (Å²) in [5, 5.41) is 0. The molecule has 0 heterocycles. The van der Waals surface area contributed by atoms with Gasteiger partial charge in [0.2, 0.25) is 0 Å². The topological polar surface area (TPSA) is 0 Å². The van der Waals surface area contributed by atoms with Gasteiger partial charge in [0.05, 0.1) is 0 Å². The largest absolute Gasteiger partial charge is 0.0847 e. The van der Waals surface area contributed by atoms with Crippen LogP contribution >= 0.6 is 0 Å². The zero-order valence-corrected chi connectivity index (χ0v) is 9.96. The molecule has 2 atom stereocenters. The highest BCUT2D eigenvalue weighted by atomic mass is 14.2. The Morgan fingerprint density at radius 3 is 2.00 bits per heavy atom. The summed E-state index contributed by atoms with van der Waals surface area (Å²) in [6, 6.07) is 0. The minimum atomic E-state index is 0.676. The first-order chi connectivity index (χ1) is 5.99. The fourth-order valence-corrected chi connectivity index (χ4v) is 1.18. The summed E-state index contributed by atoms with van der Waals surface area (Å²) in [6.45, 7) is 13.4. The van der Waals surface area contributed by atoms with Crippen molar-refractivity contribution >= 4 is 0 Å². The molecule has 0 radical (unpaired) electrons. The third-order valence-electron chi connectivity index (χ3n) is 3.00. The highest BCUT2D eigenvalue weighted by molar-refractivity contribution is 5.15. The van der Waals surface area contributed by atoms with Crippen LogP contribution in [0.3, 0.4) is 0 Å². The zero-order valence-electron chi connectivity index (χ0n) is 9.96. The Labute approximate surface area is 83.7 Å². The predicted molar refractivity (Wildman–Crippen MR) is 61.7 cm³/mol. The van der Waals surface area contributed by atoms with E-state index in [-0.39, 0.29) is 0 Å². The minimum absolute atomic E-state index is 0.676. The molecule has 0 amide bonds. The van der Waals surface area contributed by atoms with E-state index in [9.17, 15) is 0 Å². The van der Waals surface area contributed by atoms with E-state index in [1.165, 1.54) is 5.57 Å². The van der Waals surface area contributed by atoms with Crippen LogP contribution in [0, 0.1) is 17.8 Å². The summed E-state index contributed by atoms with van der Waals surface area (Å²) in [5.41, 5.74) is 1.35. The summed E-state index contributed by atoms with van der Waals surface area (Å²) in [5.74, 6) is 2.21. The molecule has 0 saturated carbocycles. The first-order valence-corrected chi connectivity index (χ1v) is 5.30. The average molecular weight is 180 g/mol. The third kappa shape index (κ3) is 4.92. The molecule has 0 aliphatic rings. The van der Waals surface area contributed by atoms with Crippen molar-refractivity contribution in [2.24, 2.45) is 17.8 Å². The second-order valence-corrected chi connectivity index (χ2v) is 4.35. The van der Waals surface area contributed by atoms with E-state index in [1.807, 2.05) is 0 Å². The summed E-state index contributed by atoms with van der Waals surface area (Å²) in [6.07, 6.45) is 6.69. The van der Waals surface area contributed by atoms with Crippen molar-refractivity contribution in [3.05, 3.63) is 23.8 Å². The monoisotopic (exact) mass is 180 g/mol.